The Kier molecular flexibility index (Phi) is 7.77. The third kappa shape index (κ3) is 6.40. The number of carbonyl (C=O) groups is 1. The maximum Gasteiger partial charge on any atom is 0.257 e. The number of nitrogens with zero attached hydrogens (tertiary/aromatic N) is 2. The molecular formula is C21H25N5OS2. The van der Waals surface area contributed by atoms with Crippen molar-refractivity contribution in [2.75, 3.05) is 44.2 Å². The van der Waals surface area contributed by atoms with Crippen LogP contribution in [-0.2, 0) is 0 Å². The lowest BCUT2D eigenvalue weighted by Gasteiger charge is -2.37. The molecule has 1 aliphatic rings. The van der Waals surface area contributed by atoms with Crippen LogP contribution in [0.1, 0.15) is 10.4 Å². The Labute approximate surface area is 182 Å². The zero-order valence-corrected chi connectivity index (χ0v) is 17.8. The van der Waals surface area contributed by atoms with E-state index in [9.17, 15) is 4.79 Å². The highest BCUT2D eigenvalue weighted by Gasteiger charge is 2.18. The van der Waals surface area contributed by atoms with Gasteiger partial charge in [-0.25, -0.2) is 0 Å². The molecule has 6 nitrogen and oxygen atoms in total. The van der Waals surface area contributed by atoms with Crippen LogP contribution < -0.4 is 20.9 Å². The standard InChI is InChI=1S/C21H25N5OS2/c27-19(17-7-3-1-4-8-17)24-20(28)22-11-12-23-21(29)26-15-13-25(14-16-26)18-9-5-2-6-10-18/h1-10H,11-16H2,(H,23,29)(H2,22,24,27,28). The van der Waals surface area contributed by atoms with Crippen molar-refractivity contribution in [1.82, 2.24) is 20.9 Å². The van der Waals surface area contributed by atoms with E-state index in [2.05, 4.69) is 50.0 Å². The summed E-state index contributed by atoms with van der Waals surface area (Å²) in [7, 11) is 0. The lowest BCUT2D eigenvalue weighted by Crippen LogP contribution is -2.52. The van der Waals surface area contributed by atoms with Gasteiger partial charge in [0.25, 0.3) is 5.91 Å². The van der Waals surface area contributed by atoms with Gasteiger partial charge in [-0.3, -0.25) is 10.1 Å². The molecule has 0 aliphatic carbocycles. The highest BCUT2D eigenvalue weighted by molar-refractivity contribution is 7.80. The molecule has 1 saturated heterocycles. The number of thiocarbonyl (C=S) groups is 2. The number of hydrogen-bond donors (Lipinski definition) is 3. The predicted octanol–water partition coefficient (Wildman–Crippen LogP) is 1.99. The monoisotopic (exact) mass is 427 g/mol. The molecule has 0 unspecified atom stereocenters. The predicted molar refractivity (Wildman–Crippen MR) is 125 cm³/mol. The van der Waals surface area contributed by atoms with Crippen molar-refractivity contribution in [3.8, 4) is 0 Å². The first kappa shape index (κ1) is 21.0. The average molecular weight is 428 g/mol. The van der Waals surface area contributed by atoms with Crippen molar-refractivity contribution >= 4 is 46.3 Å². The minimum absolute atomic E-state index is 0.220. The van der Waals surface area contributed by atoms with Crippen molar-refractivity contribution in [2.45, 2.75) is 0 Å². The average Bonchev–Trinajstić information content (AvgIpc) is 2.78. The van der Waals surface area contributed by atoms with Gasteiger partial charge in [-0.15, -0.1) is 0 Å². The number of benzene rings is 2. The van der Waals surface area contributed by atoms with Crippen LogP contribution in [0.15, 0.2) is 60.7 Å². The molecule has 0 bridgehead atoms. The Balaban J connectivity index is 1.31. The molecule has 0 atom stereocenters. The Bertz CT molecular complexity index is 823. The van der Waals surface area contributed by atoms with E-state index in [1.54, 1.807) is 12.1 Å². The summed E-state index contributed by atoms with van der Waals surface area (Å²) >= 11 is 10.7. The summed E-state index contributed by atoms with van der Waals surface area (Å²) in [6, 6.07) is 19.4. The largest absolute Gasteiger partial charge is 0.368 e. The minimum atomic E-state index is -0.220. The second-order valence-electron chi connectivity index (χ2n) is 6.62. The molecule has 1 fully saturated rings. The molecule has 29 heavy (non-hydrogen) atoms. The number of carbonyl (C=O) groups excluding carboxylic acids is 1. The Morgan fingerprint density at radius 1 is 0.828 bits per heavy atom. The molecule has 2 aromatic rings. The van der Waals surface area contributed by atoms with Crippen molar-refractivity contribution < 1.29 is 4.79 Å². The smallest absolute Gasteiger partial charge is 0.257 e. The molecule has 1 amide bonds. The van der Waals surface area contributed by atoms with Gasteiger partial charge in [0.2, 0.25) is 0 Å². The Morgan fingerprint density at radius 3 is 2.07 bits per heavy atom. The van der Waals surface area contributed by atoms with Gasteiger partial charge in [-0.05, 0) is 48.7 Å². The lowest BCUT2D eigenvalue weighted by atomic mass is 10.2. The van der Waals surface area contributed by atoms with E-state index in [4.69, 9.17) is 24.4 Å². The van der Waals surface area contributed by atoms with Crippen molar-refractivity contribution in [1.29, 1.82) is 0 Å². The number of hydrogen-bond acceptors (Lipinski definition) is 4. The van der Waals surface area contributed by atoms with Gasteiger partial charge in [0, 0.05) is 50.5 Å². The van der Waals surface area contributed by atoms with Gasteiger partial charge in [-0.2, -0.15) is 0 Å². The summed E-state index contributed by atoms with van der Waals surface area (Å²) in [5, 5.41) is 10.0. The van der Waals surface area contributed by atoms with Crippen LogP contribution >= 0.6 is 24.4 Å². The minimum Gasteiger partial charge on any atom is -0.368 e. The number of rotatable bonds is 5. The summed E-state index contributed by atoms with van der Waals surface area (Å²) < 4.78 is 0. The highest BCUT2D eigenvalue weighted by Crippen LogP contribution is 2.15. The van der Waals surface area contributed by atoms with Crippen LogP contribution in [0.3, 0.4) is 0 Å². The fraction of sp³-hybridized carbons (Fsp3) is 0.286. The maximum atomic E-state index is 12.0. The van der Waals surface area contributed by atoms with Crippen molar-refractivity contribution in [2.24, 2.45) is 0 Å². The van der Waals surface area contributed by atoms with Gasteiger partial charge in [0.1, 0.15) is 0 Å². The van der Waals surface area contributed by atoms with Crippen LogP contribution in [0.4, 0.5) is 5.69 Å². The van der Waals surface area contributed by atoms with Crippen molar-refractivity contribution in [3.05, 3.63) is 66.2 Å². The molecule has 0 spiro atoms. The van der Waals surface area contributed by atoms with E-state index >= 15 is 0 Å². The number of anilines is 1. The molecule has 8 heteroatoms. The normalized spacial score (nSPS) is 13.5. The van der Waals surface area contributed by atoms with E-state index < -0.39 is 0 Å². The molecule has 1 heterocycles. The third-order valence-corrected chi connectivity index (χ3v) is 5.29. The van der Waals surface area contributed by atoms with Crippen LogP contribution in [0.25, 0.3) is 0 Å². The molecule has 0 saturated carbocycles. The van der Waals surface area contributed by atoms with Gasteiger partial charge in [0.15, 0.2) is 10.2 Å². The van der Waals surface area contributed by atoms with E-state index in [-0.39, 0.29) is 5.91 Å². The van der Waals surface area contributed by atoms with Crippen LogP contribution in [0, 0.1) is 0 Å². The molecule has 1 aliphatic heterocycles. The summed E-state index contributed by atoms with van der Waals surface area (Å²) in [5.74, 6) is -0.220. The maximum absolute atomic E-state index is 12.0. The number of nitrogens with one attached hydrogen (secondary N) is 3. The number of amides is 1. The van der Waals surface area contributed by atoms with E-state index in [1.807, 2.05) is 24.3 Å². The molecule has 0 aromatic heterocycles. The van der Waals surface area contributed by atoms with Gasteiger partial charge >= 0.3 is 0 Å². The molecule has 3 N–H and O–H groups in total. The van der Waals surface area contributed by atoms with E-state index in [1.165, 1.54) is 5.69 Å². The van der Waals surface area contributed by atoms with Crippen LogP contribution in [-0.4, -0.2) is 60.3 Å². The summed E-state index contributed by atoms with van der Waals surface area (Å²) in [5.41, 5.74) is 1.83. The second kappa shape index (κ2) is 10.7. The zero-order chi connectivity index (χ0) is 20.5. The van der Waals surface area contributed by atoms with E-state index in [0.717, 1.165) is 31.3 Å². The Hall–Kier alpha value is -2.71. The van der Waals surface area contributed by atoms with Gasteiger partial charge in [-0.1, -0.05) is 36.4 Å². The summed E-state index contributed by atoms with van der Waals surface area (Å²) in [4.78, 5) is 16.6. The summed E-state index contributed by atoms with van der Waals surface area (Å²) in [6.45, 7) is 4.86. The number of para-hydroxylation sites is 1. The second-order valence-corrected chi connectivity index (χ2v) is 7.41. The Morgan fingerprint density at radius 2 is 1.41 bits per heavy atom. The first-order valence-corrected chi connectivity index (χ1v) is 10.4. The molecule has 0 radical (unpaired) electrons. The molecule has 152 valence electrons. The van der Waals surface area contributed by atoms with Gasteiger partial charge in [0.05, 0.1) is 0 Å². The first-order chi connectivity index (χ1) is 14.1. The highest BCUT2D eigenvalue weighted by atomic mass is 32.1. The van der Waals surface area contributed by atoms with Crippen LogP contribution in [0.2, 0.25) is 0 Å². The third-order valence-electron chi connectivity index (χ3n) is 4.64. The molecule has 3 rings (SSSR count). The lowest BCUT2D eigenvalue weighted by molar-refractivity contribution is 0.0976. The molecule has 2 aromatic carbocycles. The van der Waals surface area contributed by atoms with Crippen LogP contribution in [0.5, 0.6) is 0 Å². The van der Waals surface area contributed by atoms with Gasteiger partial charge < -0.3 is 20.4 Å². The first-order valence-electron chi connectivity index (χ1n) is 9.60. The van der Waals surface area contributed by atoms with Crippen molar-refractivity contribution in [3.63, 3.8) is 0 Å². The molecular weight excluding hydrogens is 402 g/mol. The fourth-order valence-electron chi connectivity index (χ4n) is 3.07. The summed E-state index contributed by atoms with van der Waals surface area (Å²) in [6.07, 6.45) is 0. The zero-order valence-electron chi connectivity index (χ0n) is 16.1. The SMILES string of the molecule is O=C(NC(=S)NCCNC(=S)N1CCN(c2ccccc2)CC1)c1ccccc1. The van der Waals surface area contributed by atoms with E-state index in [0.29, 0.717) is 23.8 Å². The number of piperazine rings is 1. The topological polar surface area (TPSA) is 59.6 Å². The quantitative estimate of drug-likeness (QED) is 0.498. The fourth-order valence-corrected chi connectivity index (χ4v) is 3.55.